The number of amides is 1. The van der Waals surface area contributed by atoms with Crippen LogP contribution in [0.25, 0.3) is 0 Å². The molecule has 0 aliphatic heterocycles. The first-order valence-electron chi connectivity index (χ1n) is 5.42. The summed E-state index contributed by atoms with van der Waals surface area (Å²) in [5.41, 5.74) is 5.43. The number of nitrogens with zero attached hydrogens (tertiary/aromatic N) is 1. The van der Waals surface area contributed by atoms with Gasteiger partial charge in [0.1, 0.15) is 10.6 Å². The molecule has 0 aliphatic rings. The lowest BCUT2D eigenvalue weighted by molar-refractivity contribution is -0.134. The van der Waals surface area contributed by atoms with E-state index < -0.39 is 17.0 Å². The highest BCUT2D eigenvalue weighted by Gasteiger charge is 2.32. The quantitative estimate of drug-likeness (QED) is 0.944. The zero-order valence-electron chi connectivity index (χ0n) is 9.98. The highest BCUT2D eigenvalue weighted by molar-refractivity contribution is 7.10. The predicted octanol–water partition coefficient (Wildman–Crippen LogP) is 2.98. The molecule has 0 bridgehead atoms. The fourth-order valence-electron chi connectivity index (χ4n) is 1.43. The van der Waals surface area contributed by atoms with Crippen molar-refractivity contribution in [1.82, 2.24) is 4.98 Å². The van der Waals surface area contributed by atoms with Crippen molar-refractivity contribution >= 4 is 17.2 Å². The number of ether oxygens (including phenoxy) is 1. The van der Waals surface area contributed by atoms with Crippen LogP contribution in [0.1, 0.15) is 10.6 Å². The molecule has 1 amide bonds. The summed E-state index contributed by atoms with van der Waals surface area (Å²) < 4.78 is 42.5. The smallest absolute Gasteiger partial charge is 0.425 e. The molecule has 8 heteroatoms. The van der Waals surface area contributed by atoms with Gasteiger partial charge < -0.3 is 10.5 Å². The van der Waals surface area contributed by atoms with Crippen molar-refractivity contribution in [1.29, 1.82) is 0 Å². The maximum Gasteiger partial charge on any atom is 0.425 e. The number of pyridine rings is 1. The summed E-state index contributed by atoms with van der Waals surface area (Å²) in [5.74, 6) is -0.397. The van der Waals surface area contributed by atoms with E-state index in [-0.39, 0.29) is 18.1 Å². The Kier molecular flexibility index (Phi) is 3.93. The molecule has 0 fully saturated rings. The Balaban J connectivity index is 2.14. The average molecular weight is 302 g/mol. The molecule has 20 heavy (non-hydrogen) atoms. The maximum atomic E-state index is 12.4. The number of alkyl halides is 3. The lowest BCUT2D eigenvalue weighted by Crippen LogP contribution is -2.14. The number of thiophene rings is 1. The van der Waals surface area contributed by atoms with Gasteiger partial charge in [0.05, 0.1) is 12.1 Å². The fraction of sp³-hybridized carbons (Fsp3) is 0.167. The highest BCUT2D eigenvalue weighted by Crippen LogP contribution is 2.37. The van der Waals surface area contributed by atoms with E-state index >= 15 is 0 Å². The van der Waals surface area contributed by atoms with Gasteiger partial charge in [-0.05, 0) is 6.07 Å². The number of hydrogen-bond acceptors (Lipinski definition) is 4. The summed E-state index contributed by atoms with van der Waals surface area (Å²) in [5, 5.41) is 1.24. The van der Waals surface area contributed by atoms with Crippen LogP contribution in [0.2, 0.25) is 0 Å². The van der Waals surface area contributed by atoms with Gasteiger partial charge in [-0.1, -0.05) is 6.07 Å². The number of aromatic nitrogens is 1. The molecule has 0 radical (unpaired) electrons. The van der Waals surface area contributed by atoms with Crippen molar-refractivity contribution < 1.29 is 22.7 Å². The van der Waals surface area contributed by atoms with Crippen LogP contribution < -0.4 is 10.5 Å². The Morgan fingerprint density at radius 3 is 2.75 bits per heavy atom. The topological polar surface area (TPSA) is 65.2 Å². The maximum absolute atomic E-state index is 12.4. The average Bonchev–Trinajstić information content (AvgIpc) is 2.76. The minimum absolute atomic E-state index is 0.0473. The molecule has 2 rings (SSSR count). The van der Waals surface area contributed by atoms with Crippen LogP contribution >= 0.6 is 11.3 Å². The first kappa shape index (κ1) is 14.3. The van der Waals surface area contributed by atoms with Gasteiger partial charge in [-0.25, -0.2) is 4.98 Å². The molecule has 0 aromatic carbocycles. The second-order valence-corrected chi connectivity index (χ2v) is 4.77. The van der Waals surface area contributed by atoms with Crippen LogP contribution in [-0.2, 0) is 17.4 Å². The number of carbonyl (C=O) groups is 1. The van der Waals surface area contributed by atoms with Gasteiger partial charge in [0.25, 0.3) is 0 Å². The van der Waals surface area contributed by atoms with E-state index in [1.807, 2.05) is 0 Å². The van der Waals surface area contributed by atoms with Crippen molar-refractivity contribution in [2.75, 3.05) is 0 Å². The van der Waals surface area contributed by atoms with Gasteiger partial charge >= 0.3 is 6.18 Å². The molecule has 0 saturated heterocycles. The van der Waals surface area contributed by atoms with Gasteiger partial charge in [-0.3, -0.25) is 4.79 Å². The third-order valence-electron chi connectivity index (χ3n) is 2.21. The predicted molar refractivity (Wildman–Crippen MR) is 66.5 cm³/mol. The molecule has 0 saturated carbocycles. The SMILES string of the molecule is NC(=O)Cc1cccc(Oc2csc(C(F)(F)F)c2)n1. The number of primary amides is 1. The molecule has 2 N–H and O–H groups in total. The minimum atomic E-state index is -4.40. The van der Waals surface area contributed by atoms with E-state index in [1.54, 1.807) is 12.1 Å². The van der Waals surface area contributed by atoms with E-state index in [4.69, 9.17) is 10.5 Å². The van der Waals surface area contributed by atoms with Gasteiger partial charge in [-0.2, -0.15) is 13.2 Å². The molecular weight excluding hydrogens is 293 g/mol. The van der Waals surface area contributed by atoms with Crippen LogP contribution in [0.15, 0.2) is 29.6 Å². The van der Waals surface area contributed by atoms with Crippen LogP contribution in [0.3, 0.4) is 0 Å². The fourth-order valence-corrected chi connectivity index (χ4v) is 2.11. The van der Waals surface area contributed by atoms with Gasteiger partial charge in [-0.15, -0.1) is 11.3 Å². The highest BCUT2D eigenvalue weighted by atomic mass is 32.1. The first-order valence-corrected chi connectivity index (χ1v) is 6.30. The molecule has 0 spiro atoms. The van der Waals surface area contributed by atoms with Gasteiger partial charge in [0.15, 0.2) is 0 Å². The molecule has 2 aromatic heterocycles. The standard InChI is InChI=1S/C12H9F3N2O2S/c13-12(14,15)9-5-8(6-20-9)19-11-3-1-2-7(17-11)4-10(16)18/h1-3,5-6H,4H2,(H2,16,18). The molecule has 106 valence electrons. The van der Waals surface area contributed by atoms with E-state index in [2.05, 4.69) is 4.98 Å². The lowest BCUT2D eigenvalue weighted by atomic mass is 10.2. The largest absolute Gasteiger partial charge is 0.438 e. The summed E-state index contributed by atoms with van der Waals surface area (Å²) >= 11 is 0.539. The number of halogens is 3. The summed E-state index contributed by atoms with van der Waals surface area (Å²) in [6.45, 7) is 0. The van der Waals surface area contributed by atoms with E-state index in [9.17, 15) is 18.0 Å². The van der Waals surface area contributed by atoms with Crippen LogP contribution in [-0.4, -0.2) is 10.9 Å². The second kappa shape index (κ2) is 5.49. The molecule has 0 atom stereocenters. The Hall–Kier alpha value is -2.09. The van der Waals surface area contributed by atoms with Crippen LogP contribution in [0.5, 0.6) is 11.6 Å². The van der Waals surface area contributed by atoms with Gasteiger partial charge in [0, 0.05) is 17.5 Å². The second-order valence-electron chi connectivity index (χ2n) is 3.86. The van der Waals surface area contributed by atoms with Crippen molar-refractivity contribution in [2.24, 2.45) is 5.73 Å². The van der Waals surface area contributed by atoms with E-state index in [1.165, 1.54) is 11.4 Å². The molecule has 2 heterocycles. The van der Waals surface area contributed by atoms with E-state index in [0.29, 0.717) is 17.0 Å². The molecule has 4 nitrogen and oxygen atoms in total. The third kappa shape index (κ3) is 3.70. The Morgan fingerprint density at radius 1 is 1.40 bits per heavy atom. The molecule has 0 aliphatic carbocycles. The monoisotopic (exact) mass is 302 g/mol. The number of rotatable bonds is 4. The minimum Gasteiger partial charge on any atom is -0.438 e. The summed E-state index contributed by atoms with van der Waals surface area (Å²) in [7, 11) is 0. The van der Waals surface area contributed by atoms with Gasteiger partial charge in [0.2, 0.25) is 11.8 Å². The number of hydrogen-bond donors (Lipinski definition) is 1. The van der Waals surface area contributed by atoms with Crippen molar-refractivity contribution in [3.8, 4) is 11.6 Å². The zero-order valence-corrected chi connectivity index (χ0v) is 10.8. The molecule has 2 aromatic rings. The van der Waals surface area contributed by atoms with Crippen molar-refractivity contribution in [3.63, 3.8) is 0 Å². The number of nitrogens with two attached hydrogens (primary N) is 1. The first-order chi connectivity index (χ1) is 9.34. The summed E-state index contributed by atoms with van der Waals surface area (Å²) in [6.07, 6.45) is -4.46. The van der Waals surface area contributed by atoms with Crippen molar-refractivity contribution in [2.45, 2.75) is 12.6 Å². The van der Waals surface area contributed by atoms with Crippen molar-refractivity contribution in [3.05, 3.63) is 40.2 Å². The Labute approximate surface area is 116 Å². The summed E-state index contributed by atoms with van der Waals surface area (Å²) in [6, 6.07) is 5.53. The van der Waals surface area contributed by atoms with Crippen LogP contribution in [0, 0.1) is 0 Å². The number of carbonyl (C=O) groups excluding carboxylic acids is 1. The Morgan fingerprint density at radius 2 is 2.15 bits per heavy atom. The van der Waals surface area contributed by atoms with Crippen LogP contribution in [0.4, 0.5) is 13.2 Å². The zero-order chi connectivity index (χ0) is 14.8. The normalized spacial score (nSPS) is 11.3. The lowest BCUT2D eigenvalue weighted by Gasteiger charge is -2.04. The Bertz CT molecular complexity index is 625. The molecule has 0 unspecified atom stereocenters. The molecular formula is C12H9F3N2O2S. The summed E-state index contributed by atoms with van der Waals surface area (Å²) in [4.78, 5) is 14.0. The third-order valence-corrected chi connectivity index (χ3v) is 3.17. The van der Waals surface area contributed by atoms with E-state index in [0.717, 1.165) is 6.07 Å².